The minimum atomic E-state index is -3.37. The predicted octanol–water partition coefficient (Wildman–Crippen LogP) is 3.49. The molecule has 1 aromatic heterocycles. The molecule has 0 bridgehead atoms. The van der Waals surface area contributed by atoms with Gasteiger partial charge >= 0.3 is 0 Å². The van der Waals surface area contributed by atoms with Crippen molar-refractivity contribution in [1.82, 2.24) is 13.9 Å². The van der Waals surface area contributed by atoms with E-state index in [1.807, 2.05) is 42.2 Å². The lowest BCUT2D eigenvalue weighted by Crippen LogP contribution is -2.39. The summed E-state index contributed by atoms with van der Waals surface area (Å²) in [6.07, 6.45) is 10.1. The predicted molar refractivity (Wildman–Crippen MR) is 108 cm³/mol. The molecular weight excluding hydrogens is 378 g/mol. The largest absolute Gasteiger partial charge is 0.329 e. The van der Waals surface area contributed by atoms with Crippen LogP contribution < -0.4 is 0 Å². The molecule has 1 fully saturated rings. The molecule has 0 amide bonds. The quantitative estimate of drug-likeness (QED) is 0.715. The molecule has 2 heterocycles. The molecule has 0 atom stereocenters. The molecule has 2 aromatic rings. The van der Waals surface area contributed by atoms with E-state index in [9.17, 15) is 8.42 Å². The monoisotopic (exact) mass is 405 g/mol. The third kappa shape index (κ3) is 4.10. The molecule has 0 spiro atoms. The van der Waals surface area contributed by atoms with Gasteiger partial charge in [0.1, 0.15) is 0 Å². The van der Waals surface area contributed by atoms with Crippen LogP contribution in [0.4, 0.5) is 0 Å². The van der Waals surface area contributed by atoms with E-state index >= 15 is 0 Å². The van der Waals surface area contributed by atoms with Crippen LogP contribution in [0.3, 0.4) is 0 Å². The summed E-state index contributed by atoms with van der Waals surface area (Å²) in [5.74, 6) is 1.54. The molecule has 0 N–H and O–H groups in total. The van der Waals surface area contributed by atoms with Gasteiger partial charge in [0.15, 0.2) is 5.16 Å². The Bertz CT molecular complexity index is 900. The van der Waals surface area contributed by atoms with Gasteiger partial charge in [-0.1, -0.05) is 17.8 Å². The highest BCUT2D eigenvalue weighted by atomic mass is 32.2. The van der Waals surface area contributed by atoms with E-state index in [1.54, 1.807) is 16.1 Å². The number of aromatic nitrogens is 2. The topological polar surface area (TPSA) is 55.2 Å². The van der Waals surface area contributed by atoms with Gasteiger partial charge in [-0.3, -0.25) is 0 Å². The number of sulfonamides is 1. The normalized spacial score (nSPS) is 19.1. The molecule has 27 heavy (non-hydrogen) atoms. The summed E-state index contributed by atoms with van der Waals surface area (Å²) in [6.45, 7) is 1.23. The number of hydrogen-bond acceptors (Lipinski definition) is 4. The Morgan fingerprint density at radius 3 is 2.59 bits per heavy atom. The zero-order valence-corrected chi connectivity index (χ0v) is 17.4. The van der Waals surface area contributed by atoms with Gasteiger partial charge in [-0.05, 0) is 67.7 Å². The fraction of sp³-hybridized carbons (Fsp3) is 0.550. The van der Waals surface area contributed by atoms with Crippen LogP contribution in [-0.2, 0) is 29.9 Å². The van der Waals surface area contributed by atoms with Crippen LogP contribution in [0.2, 0.25) is 0 Å². The summed E-state index contributed by atoms with van der Waals surface area (Å²) in [7, 11) is -1.37. The van der Waals surface area contributed by atoms with Crippen LogP contribution in [0.1, 0.15) is 36.8 Å². The zero-order chi connectivity index (χ0) is 18.9. The molecule has 7 heteroatoms. The van der Waals surface area contributed by atoms with E-state index in [0.717, 1.165) is 43.0 Å². The van der Waals surface area contributed by atoms with Crippen LogP contribution in [0.25, 0.3) is 0 Å². The lowest BCUT2D eigenvalue weighted by molar-refractivity contribution is 0.291. The first-order valence-corrected chi connectivity index (χ1v) is 12.2. The number of aryl methyl sites for hydroxylation is 3. The van der Waals surface area contributed by atoms with Crippen molar-refractivity contribution in [2.75, 3.05) is 18.8 Å². The maximum absolute atomic E-state index is 13.1. The van der Waals surface area contributed by atoms with Crippen molar-refractivity contribution in [2.45, 2.75) is 48.6 Å². The second-order valence-electron chi connectivity index (χ2n) is 7.62. The average Bonchev–Trinajstić information content (AvgIpc) is 3.11. The third-order valence-electron chi connectivity index (χ3n) is 5.76. The number of fused-ring (bicyclic) bond motifs is 1. The van der Waals surface area contributed by atoms with Crippen molar-refractivity contribution in [3.8, 4) is 0 Å². The molecule has 1 aromatic carbocycles. The lowest BCUT2D eigenvalue weighted by Gasteiger charge is -2.31. The van der Waals surface area contributed by atoms with E-state index in [4.69, 9.17) is 0 Å². The number of nitrogens with zero attached hydrogens (tertiary/aromatic N) is 3. The van der Waals surface area contributed by atoms with E-state index in [-0.39, 0.29) is 0 Å². The van der Waals surface area contributed by atoms with Crippen LogP contribution in [-0.4, -0.2) is 41.1 Å². The standard InChI is InChI=1S/C20H27N3O2S2/c1-22-13-10-21-20(22)26-15-16-8-11-23(12-9-16)27(24,25)19-7-6-17-4-2-3-5-18(17)14-19/h6-7,10,13-14,16H,2-5,8-9,11-12,15H2,1H3. The van der Waals surface area contributed by atoms with Gasteiger partial charge < -0.3 is 4.57 Å². The van der Waals surface area contributed by atoms with Gasteiger partial charge in [0.05, 0.1) is 4.90 Å². The fourth-order valence-electron chi connectivity index (χ4n) is 4.02. The summed E-state index contributed by atoms with van der Waals surface area (Å²) in [5.41, 5.74) is 2.55. The molecule has 1 aliphatic carbocycles. The van der Waals surface area contributed by atoms with Crippen molar-refractivity contribution in [1.29, 1.82) is 0 Å². The molecule has 146 valence electrons. The Hall–Kier alpha value is -1.31. The van der Waals surface area contributed by atoms with Gasteiger partial charge in [-0.15, -0.1) is 0 Å². The number of hydrogen-bond donors (Lipinski definition) is 0. The molecule has 2 aliphatic rings. The van der Waals surface area contributed by atoms with Gasteiger partial charge in [-0.25, -0.2) is 13.4 Å². The summed E-state index contributed by atoms with van der Waals surface area (Å²) >= 11 is 1.76. The van der Waals surface area contributed by atoms with Gasteiger partial charge in [0.2, 0.25) is 10.0 Å². The first-order valence-electron chi connectivity index (χ1n) is 9.76. The van der Waals surface area contributed by atoms with Crippen LogP contribution in [0, 0.1) is 5.92 Å². The third-order valence-corrected chi connectivity index (χ3v) is 8.94. The highest BCUT2D eigenvalue weighted by Gasteiger charge is 2.30. The van der Waals surface area contributed by atoms with Crippen molar-refractivity contribution < 1.29 is 8.42 Å². The van der Waals surface area contributed by atoms with E-state index in [2.05, 4.69) is 4.98 Å². The molecule has 0 radical (unpaired) electrons. The Balaban J connectivity index is 1.37. The molecule has 5 nitrogen and oxygen atoms in total. The van der Waals surface area contributed by atoms with Crippen molar-refractivity contribution in [3.05, 3.63) is 41.7 Å². The fourth-order valence-corrected chi connectivity index (χ4v) is 6.66. The number of thioether (sulfide) groups is 1. The summed E-state index contributed by atoms with van der Waals surface area (Å²) < 4.78 is 29.9. The van der Waals surface area contributed by atoms with Crippen molar-refractivity contribution in [2.24, 2.45) is 13.0 Å². The summed E-state index contributed by atoms with van der Waals surface area (Å²) in [4.78, 5) is 4.82. The first-order chi connectivity index (χ1) is 13.0. The summed E-state index contributed by atoms with van der Waals surface area (Å²) in [6, 6.07) is 5.76. The molecule has 1 aliphatic heterocycles. The SMILES string of the molecule is Cn1ccnc1SCC1CCN(S(=O)(=O)c2ccc3c(c2)CCCC3)CC1. The minimum Gasteiger partial charge on any atom is -0.329 e. The molecule has 1 saturated heterocycles. The van der Waals surface area contributed by atoms with E-state index in [1.165, 1.54) is 17.5 Å². The first kappa shape index (κ1) is 19.0. The van der Waals surface area contributed by atoms with Crippen LogP contribution >= 0.6 is 11.8 Å². The lowest BCUT2D eigenvalue weighted by atomic mass is 9.92. The maximum Gasteiger partial charge on any atom is 0.243 e. The van der Waals surface area contributed by atoms with Crippen molar-refractivity contribution in [3.63, 3.8) is 0 Å². The van der Waals surface area contributed by atoms with Gasteiger partial charge in [0.25, 0.3) is 0 Å². The van der Waals surface area contributed by atoms with Crippen molar-refractivity contribution >= 4 is 21.8 Å². The minimum absolute atomic E-state index is 0.476. The Morgan fingerprint density at radius 1 is 1.15 bits per heavy atom. The maximum atomic E-state index is 13.1. The highest BCUT2D eigenvalue weighted by Crippen LogP contribution is 2.30. The van der Waals surface area contributed by atoms with E-state index in [0.29, 0.717) is 23.9 Å². The zero-order valence-electron chi connectivity index (χ0n) is 15.8. The second kappa shape index (κ2) is 7.97. The number of rotatable bonds is 5. The number of imidazole rings is 1. The molecule has 0 unspecified atom stereocenters. The van der Waals surface area contributed by atoms with Gasteiger partial charge in [0, 0.05) is 38.3 Å². The van der Waals surface area contributed by atoms with Crippen LogP contribution in [0.15, 0.2) is 40.6 Å². The highest BCUT2D eigenvalue weighted by molar-refractivity contribution is 7.99. The smallest absolute Gasteiger partial charge is 0.243 e. The summed E-state index contributed by atoms with van der Waals surface area (Å²) in [5, 5.41) is 1.03. The molecular formula is C20H27N3O2S2. The Labute approximate surface area is 166 Å². The second-order valence-corrected chi connectivity index (χ2v) is 10.5. The van der Waals surface area contributed by atoms with E-state index < -0.39 is 10.0 Å². The Morgan fingerprint density at radius 2 is 1.89 bits per heavy atom. The van der Waals surface area contributed by atoms with Crippen LogP contribution in [0.5, 0.6) is 0 Å². The van der Waals surface area contributed by atoms with Gasteiger partial charge in [-0.2, -0.15) is 4.31 Å². The number of piperidine rings is 1. The Kier molecular flexibility index (Phi) is 5.62. The average molecular weight is 406 g/mol. The molecule has 4 rings (SSSR count). The number of benzene rings is 1. The molecule has 0 saturated carbocycles.